The number of halogens is 3. The van der Waals surface area contributed by atoms with Crippen LogP contribution in [0, 0.1) is 0 Å². The molecule has 0 saturated carbocycles. The van der Waals surface area contributed by atoms with Crippen LogP contribution in [0.15, 0.2) is 18.2 Å². The molecule has 1 atom stereocenters. The van der Waals surface area contributed by atoms with Gasteiger partial charge in [-0.3, -0.25) is 0 Å². The maximum Gasteiger partial charge on any atom is 0.218 e. The van der Waals surface area contributed by atoms with E-state index in [0.29, 0.717) is 35.1 Å². The number of benzene rings is 1. The minimum absolute atomic E-state index is 0. The number of sulfonamides is 1. The van der Waals surface area contributed by atoms with E-state index in [4.69, 9.17) is 28.9 Å². The Morgan fingerprint density at radius 1 is 1.32 bits per heavy atom. The van der Waals surface area contributed by atoms with Crippen LogP contribution in [0.2, 0.25) is 10.0 Å². The molecule has 1 aliphatic rings. The molecule has 0 amide bonds. The monoisotopic (exact) mass is 344 g/mol. The van der Waals surface area contributed by atoms with Gasteiger partial charge in [0.25, 0.3) is 0 Å². The minimum atomic E-state index is -3.41. The summed E-state index contributed by atoms with van der Waals surface area (Å²) in [7, 11) is -3.41. The van der Waals surface area contributed by atoms with E-state index in [2.05, 4.69) is 0 Å². The van der Waals surface area contributed by atoms with Crippen molar-refractivity contribution in [2.45, 2.75) is 18.2 Å². The molecule has 1 heterocycles. The Balaban J connectivity index is 0.00000180. The summed E-state index contributed by atoms with van der Waals surface area (Å²) >= 11 is 12.0. The standard InChI is InChI=1S/C11H14Cl2N2O2S.ClH/c12-10-2-1-3-11(13)9(10)7-18(16,17)15-5-4-8(14)6-15;/h1-3,8H,4-7,14H2;1H/t8-;/m1./s1. The maximum atomic E-state index is 12.2. The Kier molecular flexibility index (Phi) is 5.92. The highest BCUT2D eigenvalue weighted by atomic mass is 35.5. The van der Waals surface area contributed by atoms with Gasteiger partial charge in [0.05, 0.1) is 5.75 Å². The average molecular weight is 346 g/mol. The molecule has 1 aromatic carbocycles. The number of nitrogens with zero attached hydrogens (tertiary/aromatic N) is 1. The van der Waals surface area contributed by atoms with Gasteiger partial charge in [-0.1, -0.05) is 29.3 Å². The van der Waals surface area contributed by atoms with Crippen LogP contribution in [0.3, 0.4) is 0 Å². The molecule has 2 rings (SSSR count). The highest BCUT2D eigenvalue weighted by molar-refractivity contribution is 7.88. The predicted octanol–water partition coefficient (Wildman–Crippen LogP) is 2.28. The average Bonchev–Trinajstić information content (AvgIpc) is 2.71. The van der Waals surface area contributed by atoms with E-state index in [1.807, 2.05) is 0 Å². The Labute approximate surface area is 129 Å². The number of hydrogen-bond donors (Lipinski definition) is 1. The second kappa shape index (κ2) is 6.61. The van der Waals surface area contributed by atoms with Gasteiger partial charge in [0.15, 0.2) is 0 Å². The molecule has 4 nitrogen and oxygen atoms in total. The third kappa shape index (κ3) is 3.97. The van der Waals surface area contributed by atoms with Gasteiger partial charge >= 0.3 is 0 Å². The molecule has 0 bridgehead atoms. The lowest BCUT2D eigenvalue weighted by Crippen LogP contribution is -2.32. The van der Waals surface area contributed by atoms with Crippen molar-refractivity contribution in [1.82, 2.24) is 4.31 Å². The highest BCUT2D eigenvalue weighted by Gasteiger charge is 2.30. The van der Waals surface area contributed by atoms with E-state index in [0.717, 1.165) is 0 Å². The van der Waals surface area contributed by atoms with Crippen molar-refractivity contribution in [3.05, 3.63) is 33.8 Å². The molecule has 0 aliphatic carbocycles. The van der Waals surface area contributed by atoms with Crippen LogP contribution in [0.5, 0.6) is 0 Å². The Morgan fingerprint density at radius 2 is 1.89 bits per heavy atom. The van der Waals surface area contributed by atoms with Crippen LogP contribution in [0.25, 0.3) is 0 Å². The van der Waals surface area contributed by atoms with E-state index in [-0.39, 0.29) is 24.2 Å². The maximum absolute atomic E-state index is 12.2. The molecule has 108 valence electrons. The first-order valence-corrected chi connectivity index (χ1v) is 7.93. The molecule has 0 unspecified atom stereocenters. The lowest BCUT2D eigenvalue weighted by Gasteiger charge is -2.17. The van der Waals surface area contributed by atoms with Gasteiger partial charge in [-0.25, -0.2) is 12.7 Å². The van der Waals surface area contributed by atoms with Crippen molar-refractivity contribution in [1.29, 1.82) is 0 Å². The van der Waals surface area contributed by atoms with Crippen molar-refractivity contribution in [3.8, 4) is 0 Å². The van der Waals surface area contributed by atoms with E-state index >= 15 is 0 Å². The Bertz CT molecular complexity index is 531. The molecule has 1 aliphatic heterocycles. The highest BCUT2D eigenvalue weighted by Crippen LogP contribution is 2.28. The molecule has 0 aromatic heterocycles. The molecular weight excluding hydrogens is 331 g/mol. The van der Waals surface area contributed by atoms with Crippen molar-refractivity contribution in [2.75, 3.05) is 13.1 Å². The first-order valence-electron chi connectivity index (χ1n) is 5.56. The zero-order chi connectivity index (χ0) is 13.3. The fraction of sp³-hybridized carbons (Fsp3) is 0.455. The molecule has 1 fully saturated rings. The number of rotatable bonds is 3. The normalized spacial score (nSPS) is 20.3. The SMILES string of the molecule is Cl.N[C@@H]1CCN(S(=O)(=O)Cc2c(Cl)cccc2Cl)C1. The Hall–Kier alpha value is -0.0400. The number of hydrogen-bond acceptors (Lipinski definition) is 3. The van der Waals surface area contributed by atoms with E-state index in [9.17, 15) is 8.42 Å². The van der Waals surface area contributed by atoms with E-state index < -0.39 is 10.0 Å². The van der Waals surface area contributed by atoms with E-state index in [1.54, 1.807) is 18.2 Å². The second-order valence-electron chi connectivity index (χ2n) is 4.36. The van der Waals surface area contributed by atoms with Crippen LogP contribution in [0.1, 0.15) is 12.0 Å². The third-order valence-electron chi connectivity index (χ3n) is 2.97. The first kappa shape index (κ1) is 17.0. The van der Waals surface area contributed by atoms with Crippen molar-refractivity contribution in [2.24, 2.45) is 5.73 Å². The summed E-state index contributed by atoms with van der Waals surface area (Å²) in [5.41, 5.74) is 6.16. The van der Waals surface area contributed by atoms with Crippen LogP contribution in [-0.2, 0) is 15.8 Å². The number of nitrogens with two attached hydrogens (primary N) is 1. The quantitative estimate of drug-likeness (QED) is 0.914. The zero-order valence-electron chi connectivity index (χ0n) is 10.1. The zero-order valence-corrected chi connectivity index (χ0v) is 13.2. The largest absolute Gasteiger partial charge is 0.326 e. The van der Waals surface area contributed by atoms with Crippen LogP contribution in [-0.4, -0.2) is 31.9 Å². The van der Waals surface area contributed by atoms with Gasteiger partial charge in [0.1, 0.15) is 0 Å². The van der Waals surface area contributed by atoms with Gasteiger partial charge < -0.3 is 5.73 Å². The van der Waals surface area contributed by atoms with Gasteiger partial charge in [-0.05, 0) is 18.6 Å². The first-order chi connectivity index (χ1) is 8.40. The lowest BCUT2D eigenvalue weighted by atomic mass is 10.2. The summed E-state index contributed by atoms with van der Waals surface area (Å²) in [6.45, 7) is 0.829. The van der Waals surface area contributed by atoms with Crippen molar-refractivity contribution >= 4 is 45.6 Å². The molecule has 1 saturated heterocycles. The van der Waals surface area contributed by atoms with Crippen molar-refractivity contribution < 1.29 is 8.42 Å². The minimum Gasteiger partial charge on any atom is -0.326 e. The molecule has 0 spiro atoms. The summed E-state index contributed by atoms with van der Waals surface area (Å²) in [5, 5.41) is 0.740. The van der Waals surface area contributed by atoms with Gasteiger partial charge in [-0.15, -0.1) is 12.4 Å². The third-order valence-corrected chi connectivity index (χ3v) is 5.45. The van der Waals surface area contributed by atoms with Crippen molar-refractivity contribution in [3.63, 3.8) is 0 Å². The van der Waals surface area contributed by atoms with Crippen LogP contribution in [0.4, 0.5) is 0 Å². The molecule has 19 heavy (non-hydrogen) atoms. The lowest BCUT2D eigenvalue weighted by molar-refractivity contribution is 0.471. The van der Waals surface area contributed by atoms with Crippen LogP contribution < -0.4 is 5.73 Å². The molecule has 8 heteroatoms. The van der Waals surface area contributed by atoms with Gasteiger partial charge in [-0.2, -0.15) is 0 Å². The predicted molar refractivity (Wildman–Crippen MR) is 80.5 cm³/mol. The van der Waals surface area contributed by atoms with E-state index in [1.165, 1.54) is 4.31 Å². The smallest absolute Gasteiger partial charge is 0.218 e. The summed E-state index contributed by atoms with van der Waals surface area (Å²) in [5.74, 6) is -0.182. The fourth-order valence-electron chi connectivity index (χ4n) is 1.95. The van der Waals surface area contributed by atoms with Crippen LogP contribution >= 0.6 is 35.6 Å². The second-order valence-corrected chi connectivity index (χ2v) is 7.15. The summed E-state index contributed by atoms with van der Waals surface area (Å²) in [6, 6.07) is 4.87. The van der Waals surface area contributed by atoms with Gasteiger partial charge in [0, 0.05) is 34.7 Å². The molecule has 0 radical (unpaired) electrons. The summed E-state index contributed by atoms with van der Waals surface area (Å²) in [6.07, 6.45) is 0.690. The molecule has 1 aromatic rings. The topological polar surface area (TPSA) is 63.4 Å². The summed E-state index contributed by atoms with van der Waals surface area (Å²) < 4.78 is 25.8. The summed E-state index contributed by atoms with van der Waals surface area (Å²) in [4.78, 5) is 0. The van der Waals surface area contributed by atoms with Gasteiger partial charge in [0.2, 0.25) is 10.0 Å². The molecular formula is C11H15Cl3N2O2S. The Morgan fingerprint density at radius 3 is 2.37 bits per heavy atom. The fourth-order valence-corrected chi connectivity index (χ4v) is 4.30. The molecule has 2 N–H and O–H groups in total.